The average molecular weight is 352 g/mol. The number of ether oxygens (including phenoxy) is 3. The fourth-order valence-corrected chi connectivity index (χ4v) is 2.51. The third-order valence-electron chi connectivity index (χ3n) is 3.85. The van der Waals surface area contributed by atoms with Crippen LogP contribution in [0.5, 0.6) is 17.2 Å². The van der Waals surface area contributed by atoms with Crippen LogP contribution in [0.2, 0.25) is 0 Å². The maximum Gasteiger partial charge on any atom is 0.196 e. The van der Waals surface area contributed by atoms with E-state index in [-0.39, 0.29) is 5.78 Å². The van der Waals surface area contributed by atoms with Gasteiger partial charge in [-0.05, 0) is 42.3 Å². The second-order valence-electron chi connectivity index (χ2n) is 5.57. The summed E-state index contributed by atoms with van der Waals surface area (Å²) in [7, 11) is 1.59. The molecule has 26 heavy (non-hydrogen) atoms. The zero-order chi connectivity index (χ0) is 18.9. The van der Waals surface area contributed by atoms with E-state index in [9.17, 15) is 4.79 Å². The van der Waals surface area contributed by atoms with Crippen LogP contribution in [-0.2, 0) is 6.42 Å². The predicted molar refractivity (Wildman–Crippen MR) is 104 cm³/mol. The minimum Gasteiger partial charge on any atom is -0.497 e. The molecule has 0 aromatic heterocycles. The van der Waals surface area contributed by atoms with Crippen LogP contribution in [0.3, 0.4) is 0 Å². The van der Waals surface area contributed by atoms with Gasteiger partial charge in [0.2, 0.25) is 0 Å². The van der Waals surface area contributed by atoms with Gasteiger partial charge in [0.25, 0.3) is 0 Å². The van der Waals surface area contributed by atoms with Gasteiger partial charge in [-0.15, -0.1) is 0 Å². The minimum atomic E-state index is -0.114. The summed E-state index contributed by atoms with van der Waals surface area (Å²) in [6.45, 7) is 10.0. The Morgan fingerprint density at radius 3 is 2.15 bits per heavy atom. The molecule has 0 N–H and O–H groups in total. The maximum absolute atomic E-state index is 13.0. The second-order valence-corrected chi connectivity index (χ2v) is 5.57. The molecular formula is C22H24O4. The molecule has 2 aromatic carbocycles. The molecule has 0 unspecified atom stereocenters. The molecule has 0 bridgehead atoms. The van der Waals surface area contributed by atoms with Crippen LogP contribution in [0.15, 0.2) is 61.7 Å². The fourth-order valence-electron chi connectivity index (χ4n) is 2.51. The smallest absolute Gasteiger partial charge is 0.196 e. The first-order valence-electron chi connectivity index (χ1n) is 8.47. The van der Waals surface area contributed by atoms with E-state index in [2.05, 4.69) is 13.2 Å². The summed E-state index contributed by atoms with van der Waals surface area (Å²) in [5, 5.41) is 0. The third kappa shape index (κ3) is 4.54. The molecule has 0 aliphatic rings. The van der Waals surface area contributed by atoms with Gasteiger partial charge in [-0.2, -0.15) is 0 Å². The van der Waals surface area contributed by atoms with Crippen LogP contribution in [-0.4, -0.2) is 26.1 Å². The number of benzene rings is 2. The lowest BCUT2D eigenvalue weighted by Gasteiger charge is -2.16. The van der Waals surface area contributed by atoms with Gasteiger partial charge in [-0.1, -0.05) is 32.2 Å². The Labute approximate surface area is 154 Å². The number of methoxy groups -OCH3 is 1. The molecule has 4 nitrogen and oxygen atoms in total. The molecular weight excluding hydrogens is 328 g/mol. The number of carbonyl (C=O) groups is 1. The summed E-state index contributed by atoms with van der Waals surface area (Å²) in [6, 6.07) is 10.6. The number of ketones is 1. The van der Waals surface area contributed by atoms with Crippen molar-refractivity contribution < 1.29 is 19.0 Å². The third-order valence-corrected chi connectivity index (χ3v) is 3.85. The van der Waals surface area contributed by atoms with Crippen LogP contribution < -0.4 is 14.2 Å². The first kappa shape index (κ1) is 19.3. The molecule has 0 aliphatic carbocycles. The van der Waals surface area contributed by atoms with Crippen molar-refractivity contribution in [3.63, 3.8) is 0 Å². The van der Waals surface area contributed by atoms with Crippen molar-refractivity contribution in [2.45, 2.75) is 13.3 Å². The standard InChI is InChI=1S/C22H24O4/c1-5-12-25-20-15-21(26-13-6-2)19(14-16(20)7-3)22(23)17-8-10-18(24-4)11-9-17/h5-6,8-11,14-15H,1-2,7,12-13H2,3-4H3. The van der Waals surface area contributed by atoms with E-state index in [4.69, 9.17) is 14.2 Å². The number of hydrogen-bond acceptors (Lipinski definition) is 4. The van der Waals surface area contributed by atoms with E-state index >= 15 is 0 Å². The molecule has 136 valence electrons. The van der Waals surface area contributed by atoms with Crippen molar-refractivity contribution in [1.29, 1.82) is 0 Å². The van der Waals surface area contributed by atoms with Gasteiger partial charge in [0, 0.05) is 11.6 Å². The van der Waals surface area contributed by atoms with Crippen LogP contribution in [0.4, 0.5) is 0 Å². The van der Waals surface area contributed by atoms with Crippen LogP contribution in [0.25, 0.3) is 0 Å². The molecule has 0 spiro atoms. The highest BCUT2D eigenvalue weighted by molar-refractivity contribution is 6.11. The van der Waals surface area contributed by atoms with Crippen LogP contribution >= 0.6 is 0 Å². The Morgan fingerprint density at radius 1 is 1.00 bits per heavy atom. The Bertz CT molecular complexity index is 775. The van der Waals surface area contributed by atoms with Crippen molar-refractivity contribution in [2.24, 2.45) is 0 Å². The lowest BCUT2D eigenvalue weighted by molar-refractivity contribution is 0.103. The molecule has 2 aromatic rings. The molecule has 0 amide bonds. The van der Waals surface area contributed by atoms with E-state index in [0.717, 1.165) is 12.0 Å². The summed E-state index contributed by atoms with van der Waals surface area (Å²) in [6.07, 6.45) is 4.05. The zero-order valence-corrected chi connectivity index (χ0v) is 15.3. The normalized spacial score (nSPS) is 10.1. The van der Waals surface area contributed by atoms with Gasteiger partial charge < -0.3 is 14.2 Å². The number of aryl methyl sites for hydroxylation is 1. The Balaban J connectivity index is 2.46. The Kier molecular flexibility index (Phi) is 7.03. The average Bonchev–Trinajstić information content (AvgIpc) is 2.69. The van der Waals surface area contributed by atoms with Crippen molar-refractivity contribution in [3.8, 4) is 17.2 Å². The van der Waals surface area contributed by atoms with Gasteiger partial charge in [0.05, 0.1) is 12.7 Å². The van der Waals surface area contributed by atoms with Gasteiger partial charge in [-0.3, -0.25) is 4.79 Å². The largest absolute Gasteiger partial charge is 0.497 e. The first-order chi connectivity index (χ1) is 12.6. The number of carbonyl (C=O) groups excluding carboxylic acids is 1. The topological polar surface area (TPSA) is 44.8 Å². The van der Waals surface area contributed by atoms with E-state index in [1.165, 1.54) is 0 Å². The van der Waals surface area contributed by atoms with Crippen molar-refractivity contribution in [2.75, 3.05) is 20.3 Å². The van der Waals surface area contributed by atoms with E-state index < -0.39 is 0 Å². The predicted octanol–water partition coefficient (Wildman–Crippen LogP) is 4.62. The molecule has 0 atom stereocenters. The highest BCUT2D eigenvalue weighted by Gasteiger charge is 2.18. The molecule has 0 saturated carbocycles. The SMILES string of the molecule is C=CCOc1cc(OCC=C)c(C(=O)c2ccc(OC)cc2)cc1CC. The van der Waals surface area contributed by atoms with Gasteiger partial charge in [0.15, 0.2) is 5.78 Å². The van der Waals surface area contributed by atoms with Gasteiger partial charge in [-0.25, -0.2) is 0 Å². The highest BCUT2D eigenvalue weighted by atomic mass is 16.5. The van der Waals surface area contributed by atoms with Crippen molar-refractivity contribution >= 4 is 5.78 Å². The zero-order valence-electron chi connectivity index (χ0n) is 15.3. The second kappa shape index (κ2) is 9.47. The number of hydrogen-bond donors (Lipinski definition) is 0. The van der Waals surface area contributed by atoms with Crippen molar-refractivity contribution in [3.05, 3.63) is 78.4 Å². The van der Waals surface area contributed by atoms with E-state index in [1.54, 1.807) is 49.6 Å². The minimum absolute atomic E-state index is 0.114. The highest BCUT2D eigenvalue weighted by Crippen LogP contribution is 2.32. The Hall–Kier alpha value is -3.01. The molecule has 0 fully saturated rings. The summed E-state index contributed by atoms with van der Waals surface area (Å²) < 4.78 is 16.6. The van der Waals surface area contributed by atoms with Crippen LogP contribution in [0, 0.1) is 0 Å². The van der Waals surface area contributed by atoms with E-state index in [0.29, 0.717) is 41.6 Å². The fraction of sp³-hybridized carbons (Fsp3) is 0.227. The molecule has 4 heteroatoms. The molecule has 0 heterocycles. The summed E-state index contributed by atoms with van der Waals surface area (Å²) in [5.74, 6) is 1.75. The van der Waals surface area contributed by atoms with Gasteiger partial charge >= 0.3 is 0 Å². The number of rotatable bonds is 10. The van der Waals surface area contributed by atoms with Crippen LogP contribution in [0.1, 0.15) is 28.4 Å². The van der Waals surface area contributed by atoms with E-state index in [1.807, 2.05) is 13.0 Å². The quantitative estimate of drug-likeness (QED) is 0.462. The first-order valence-corrected chi connectivity index (χ1v) is 8.47. The molecule has 0 radical (unpaired) electrons. The molecule has 0 saturated heterocycles. The monoisotopic (exact) mass is 352 g/mol. The lowest BCUT2D eigenvalue weighted by atomic mass is 9.98. The summed E-state index contributed by atoms with van der Waals surface area (Å²) in [5.41, 5.74) is 2.01. The maximum atomic E-state index is 13.0. The lowest BCUT2D eigenvalue weighted by Crippen LogP contribution is -2.08. The Morgan fingerprint density at radius 2 is 1.62 bits per heavy atom. The molecule has 2 rings (SSSR count). The molecule has 0 aliphatic heterocycles. The summed E-state index contributed by atoms with van der Waals surface area (Å²) in [4.78, 5) is 13.0. The van der Waals surface area contributed by atoms with Crippen molar-refractivity contribution in [1.82, 2.24) is 0 Å². The van der Waals surface area contributed by atoms with Gasteiger partial charge in [0.1, 0.15) is 30.5 Å². The summed E-state index contributed by atoms with van der Waals surface area (Å²) >= 11 is 0.